The number of nitrogens with one attached hydrogen (secondary N) is 3. The van der Waals surface area contributed by atoms with E-state index >= 15 is 0 Å². The van der Waals surface area contributed by atoms with Crippen LogP contribution in [0.2, 0.25) is 0 Å². The number of aromatic nitrogens is 5. The molecule has 0 saturated heterocycles. The molecule has 1 aliphatic rings. The van der Waals surface area contributed by atoms with Gasteiger partial charge in [0.05, 0.1) is 17.1 Å². The Hall–Kier alpha value is -3.85. The number of anilines is 2. The number of fused-ring (bicyclic) bond motifs is 4. The summed E-state index contributed by atoms with van der Waals surface area (Å²) in [6, 6.07) is 9.90. The third-order valence-electron chi connectivity index (χ3n) is 6.14. The molecule has 0 fully saturated rings. The molecule has 6 rings (SSSR count). The molecule has 0 radical (unpaired) electrons. The highest BCUT2D eigenvalue weighted by atomic mass is 32.1. The van der Waals surface area contributed by atoms with E-state index < -0.39 is 0 Å². The molecule has 33 heavy (non-hydrogen) atoms. The maximum atomic E-state index is 12.8. The third kappa shape index (κ3) is 3.80. The lowest BCUT2D eigenvalue weighted by Crippen LogP contribution is -2.33. The summed E-state index contributed by atoms with van der Waals surface area (Å²) in [4.78, 5) is 28.1. The second kappa shape index (κ2) is 8.25. The Kier molecular flexibility index (Phi) is 4.95. The highest BCUT2D eigenvalue weighted by Gasteiger charge is 2.29. The van der Waals surface area contributed by atoms with Crippen LogP contribution >= 0.6 is 11.3 Å². The van der Waals surface area contributed by atoms with Crippen LogP contribution in [0.5, 0.6) is 0 Å². The molecule has 4 aromatic heterocycles. The molecule has 1 aromatic carbocycles. The molecule has 0 bridgehead atoms. The van der Waals surface area contributed by atoms with Crippen LogP contribution < -0.4 is 10.6 Å². The van der Waals surface area contributed by atoms with Gasteiger partial charge in [-0.25, -0.2) is 9.97 Å². The second-order valence-electron chi connectivity index (χ2n) is 8.22. The number of carbonyl (C=O) groups excluding carboxylic acids is 1. The molecule has 164 valence electrons. The largest absolute Gasteiger partial charge is 0.352 e. The lowest BCUT2D eigenvalue weighted by atomic mass is 9.87. The average Bonchev–Trinajstić information content (AvgIpc) is 3.47. The molecule has 0 aliphatic heterocycles. The van der Waals surface area contributed by atoms with Crippen LogP contribution in [0, 0.1) is 5.92 Å². The summed E-state index contributed by atoms with van der Waals surface area (Å²) in [5, 5.41) is 15.7. The summed E-state index contributed by atoms with van der Waals surface area (Å²) in [5.41, 5.74) is 4.26. The zero-order chi connectivity index (χ0) is 22.2. The lowest BCUT2D eigenvalue weighted by molar-refractivity contribution is -0.125. The van der Waals surface area contributed by atoms with Crippen molar-refractivity contribution < 1.29 is 4.79 Å². The zero-order valence-corrected chi connectivity index (χ0v) is 18.5. The molecule has 0 spiro atoms. The first-order valence-electron chi connectivity index (χ1n) is 10.9. The van der Waals surface area contributed by atoms with E-state index in [2.05, 4.69) is 41.8 Å². The van der Waals surface area contributed by atoms with E-state index in [0.717, 1.165) is 57.5 Å². The predicted octanol–water partition coefficient (Wildman–Crippen LogP) is 4.13. The van der Waals surface area contributed by atoms with Crippen LogP contribution in [0.25, 0.3) is 21.1 Å². The van der Waals surface area contributed by atoms with Gasteiger partial charge >= 0.3 is 0 Å². The first-order chi connectivity index (χ1) is 16.2. The van der Waals surface area contributed by atoms with Crippen molar-refractivity contribution in [2.45, 2.75) is 25.8 Å². The van der Waals surface area contributed by atoms with Crippen molar-refractivity contribution in [2.24, 2.45) is 5.92 Å². The number of amides is 1. The number of nitrogens with zero attached hydrogens (tertiary/aromatic N) is 4. The quantitative estimate of drug-likeness (QED) is 0.368. The highest BCUT2D eigenvalue weighted by Crippen LogP contribution is 2.40. The Morgan fingerprint density at radius 2 is 2.09 bits per heavy atom. The van der Waals surface area contributed by atoms with Gasteiger partial charge in [0.15, 0.2) is 0 Å². The summed E-state index contributed by atoms with van der Waals surface area (Å²) in [7, 11) is 0. The molecule has 1 atom stereocenters. The minimum Gasteiger partial charge on any atom is -0.352 e. The molecule has 9 heteroatoms. The summed E-state index contributed by atoms with van der Waals surface area (Å²) in [6.45, 7) is 0.525. The number of thiophene rings is 1. The summed E-state index contributed by atoms with van der Waals surface area (Å²) < 4.78 is 0. The minimum atomic E-state index is -0.0275. The molecular formula is C24H21N7OS. The fourth-order valence-electron chi connectivity index (χ4n) is 4.42. The molecule has 4 heterocycles. The number of benzene rings is 1. The zero-order valence-electron chi connectivity index (χ0n) is 17.7. The first kappa shape index (κ1) is 19.8. The standard InChI is InChI=1S/C24H21N7OS/c32-23(26-11-14-5-7-25-8-6-14)15-1-3-18-20(10-15)33-24-21(18)22(27-13-28-24)30-17-2-4-19-16(9-17)12-29-31-19/h2,4-9,12-13,15H,1,3,10-11H2,(H,26,32)(H,29,31)(H,27,28,30). The van der Waals surface area contributed by atoms with Gasteiger partial charge in [0.25, 0.3) is 0 Å². The van der Waals surface area contributed by atoms with Gasteiger partial charge in [-0.05, 0) is 60.7 Å². The van der Waals surface area contributed by atoms with Crippen LogP contribution in [-0.4, -0.2) is 31.1 Å². The Morgan fingerprint density at radius 1 is 1.18 bits per heavy atom. The predicted molar refractivity (Wildman–Crippen MR) is 128 cm³/mol. The number of carbonyl (C=O) groups is 1. The number of hydrogen-bond acceptors (Lipinski definition) is 7. The smallest absolute Gasteiger partial charge is 0.223 e. The molecule has 1 aliphatic carbocycles. The lowest BCUT2D eigenvalue weighted by Gasteiger charge is -2.22. The van der Waals surface area contributed by atoms with Crippen LogP contribution in [0.1, 0.15) is 22.4 Å². The summed E-state index contributed by atoms with van der Waals surface area (Å²) in [5.74, 6) is 0.883. The van der Waals surface area contributed by atoms with E-state index in [1.165, 1.54) is 10.4 Å². The first-order valence-corrected chi connectivity index (χ1v) is 11.7. The van der Waals surface area contributed by atoms with Gasteiger partial charge in [0.2, 0.25) is 5.91 Å². The van der Waals surface area contributed by atoms with E-state index in [4.69, 9.17) is 0 Å². The third-order valence-corrected chi connectivity index (χ3v) is 7.30. The van der Waals surface area contributed by atoms with Gasteiger partial charge in [-0.3, -0.25) is 14.9 Å². The maximum Gasteiger partial charge on any atom is 0.223 e. The normalized spacial score (nSPS) is 15.5. The maximum absolute atomic E-state index is 12.8. The van der Waals surface area contributed by atoms with Crippen molar-refractivity contribution in [3.63, 3.8) is 0 Å². The highest BCUT2D eigenvalue weighted by molar-refractivity contribution is 7.19. The summed E-state index contributed by atoms with van der Waals surface area (Å²) in [6.07, 6.45) is 9.28. The van der Waals surface area contributed by atoms with E-state index in [1.807, 2.05) is 30.5 Å². The van der Waals surface area contributed by atoms with Gasteiger partial charge in [0, 0.05) is 40.8 Å². The molecule has 3 N–H and O–H groups in total. The van der Waals surface area contributed by atoms with Crippen LogP contribution in [0.4, 0.5) is 11.5 Å². The Balaban J connectivity index is 1.23. The SMILES string of the molecule is O=C(NCc1ccncc1)C1CCc2c(sc3ncnc(Nc4ccc5[nH]ncc5c4)c23)C1. The van der Waals surface area contributed by atoms with Gasteiger partial charge in [0.1, 0.15) is 17.0 Å². The molecule has 1 unspecified atom stereocenters. The van der Waals surface area contributed by atoms with Crippen LogP contribution in [-0.2, 0) is 24.2 Å². The Morgan fingerprint density at radius 3 is 3.00 bits per heavy atom. The molecule has 5 aromatic rings. The Bertz CT molecular complexity index is 1460. The fourth-order valence-corrected chi connectivity index (χ4v) is 5.69. The molecular weight excluding hydrogens is 434 g/mol. The summed E-state index contributed by atoms with van der Waals surface area (Å²) >= 11 is 1.67. The van der Waals surface area contributed by atoms with Crippen molar-refractivity contribution in [1.29, 1.82) is 0 Å². The van der Waals surface area contributed by atoms with E-state index in [9.17, 15) is 4.79 Å². The van der Waals surface area contributed by atoms with Crippen molar-refractivity contribution in [3.05, 3.63) is 71.3 Å². The van der Waals surface area contributed by atoms with Crippen molar-refractivity contribution in [3.8, 4) is 0 Å². The van der Waals surface area contributed by atoms with Gasteiger partial charge < -0.3 is 10.6 Å². The monoisotopic (exact) mass is 455 g/mol. The van der Waals surface area contributed by atoms with Crippen molar-refractivity contribution in [1.82, 2.24) is 30.5 Å². The van der Waals surface area contributed by atoms with Gasteiger partial charge in [-0.15, -0.1) is 11.3 Å². The van der Waals surface area contributed by atoms with E-state index in [0.29, 0.717) is 6.54 Å². The topological polar surface area (TPSA) is 108 Å². The van der Waals surface area contributed by atoms with Gasteiger partial charge in [-0.2, -0.15) is 5.10 Å². The number of aromatic amines is 1. The molecule has 0 saturated carbocycles. The number of pyridine rings is 1. The average molecular weight is 456 g/mol. The minimum absolute atomic E-state index is 0.0275. The fraction of sp³-hybridized carbons (Fsp3) is 0.208. The molecule has 8 nitrogen and oxygen atoms in total. The van der Waals surface area contributed by atoms with E-state index in [-0.39, 0.29) is 11.8 Å². The number of hydrogen-bond donors (Lipinski definition) is 3. The number of rotatable bonds is 5. The second-order valence-corrected chi connectivity index (χ2v) is 9.30. The van der Waals surface area contributed by atoms with Crippen molar-refractivity contribution in [2.75, 3.05) is 5.32 Å². The van der Waals surface area contributed by atoms with Crippen molar-refractivity contribution >= 4 is 49.9 Å². The van der Waals surface area contributed by atoms with Crippen LogP contribution in [0.15, 0.2) is 55.2 Å². The number of H-pyrrole nitrogens is 1. The van der Waals surface area contributed by atoms with E-state index in [1.54, 1.807) is 30.1 Å². The van der Waals surface area contributed by atoms with Gasteiger partial charge in [-0.1, -0.05) is 0 Å². The number of aryl methyl sites for hydroxylation is 1. The molecule has 1 amide bonds. The Labute approximate surface area is 193 Å². The van der Waals surface area contributed by atoms with Crippen LogP contribution in [0.3, 0.4) is 0 Å².